The maximum Gasteiger partial charge on any atom is 0.244 e. The molecule has 6 nitrogen and oxygen atoms in total. The number of fused-ring (bicyclic) bond motifs is 1. The van der Waals surface area contributed by atoms with E-state index in [0.29, 0.717) is 5.69 Å². The molecule has 0 aliphatic rings. The second-order valence-corrected chi connectivity index (χ2v) is 4.68. The molecule has 3 rings (SSSR count). The van der Waals surface area contributed by atoms with Crippen LogP contribution in [-0.4, -0.2) is 22.8 Å². The first-order valence-corrected chi connectivity index (χ1v) is 6.72. The molecule has 0 saturated heterocycles. The first kappa shape index (κ1) is 13.9. The second kappa shape index (κ2) is 5.77. The molecule has 0 N–H and O–H groups in total. The monoisotopic (exact) mass is 294 g/mol. The van der Waals surface area contributed by atoms with Crippen LogP contribution in [0.4, 0.5) is 11.4 Å². The number of nitrogens with zero attached hydrogens (tertiary/aromatic N) is 4. The van der Waals surface area contributed by atoms with E-state index < -0.39 is 0 Å². The second-order valence-electron chi connectivity index (χ2n) is 4.68. The molecule has 0 bridgehead atoms. The van der Waals surface area contributed by atoms with Crippen LogP contribution in [0, 0.1) is 0 Å². The minimum absolute atomic E-state index is 0.140. The number of azo groups is 1. The molecule has 0 saturated carbocycles. The minimum atomic E-state index is -0.140. The van der Waals surface area contributed by atoms with Crippen LogP contribution in [-0.2, 0) is 0 Å². The standard InChI is InChI=1S/C16H14N4O2/c1-11(21)20-16-5-3-4-15(14(16)10-17-20)19-18-12-6-8-13(22-2)9-7-12/h3-10H,1-2H3. The first-order valence-electron chi connectivity index (χ1n) is 6.72. The number of rotatable bonds is 3. The predicted octanol–water partition coefficient (Wildman–Crippen LogP) is 4.12. The Hall–Kier alpha value is -3.02. The van der Waals surface area contributed by atoms with Crippen molar-refractivity contribution in [2.75, 3.05) is 7.11 Å². The maximum atomic E-state index is 11.5. The molecule has 0 aliphatic carbocycles. The van der Waals surface area contributed by atoms with Crippen LogP contribution in [0.5, 0.6) is 5.75 Å². The maximum absolute atomic E-state index is 11.5. The van der Waals surface area contributed by atoms with Crippen molar-refractivity contribution < 1.29 is 9.53 Å². The normalized spacial score (nSPS) is 11.2. The number of ether oxygens (including phenoxy) is 1. The molecule has 6 heteroatoms. The number of hydrogen-bond donors (Lipinski definition) is 0. The molecule has 1 heterocycles. The van der Waals surface area contributed by atoms with E-state index in [2.05, 4.69) is 15.3 Å². The molecular weight excluding hydrogens is 280 g/mol. The molecule has 1 aromatic heterocycles. The van der Waals surface area contributed by atoms with E-state index in [1.165, 1.54) is 11.6 Å². The molecule has 0 atom stereocenters. The van der Waals surface area contributed by atoms with Crippen LogP contribution in [0.15, 0.2) is 58.9 Å². The van der Waals surface area contributed by atoms with Crippen LogP contribution in [0.3, 0.4) is 0 Å². The SMILES string of the molecule is COc1ccc(N=Nc2cccc3c2cnn3C(C)=O)cc1. The Labute approximate surface area is 127 Å². The summed E-state index contributed by atoms with van der Waals surface area (Å²) in [5, 5.41) is 13.3. The van der Waals surface area contributed by atoms with Gasteiger partial charge in [-0.15, -0.1) is 5.11 Å². The summed E-state index contributed by atoms with van der Waals surface area (Å²) in [6.45, 7) is 1.47. The van der Waals surface area contributed by atoms with Crippen molar-refractivity contribution in [3.05, 3.63) is 48.7 Å². The lowest BCUT2D eigenvalue weighted by Crippen LogP contribution is -2.06. The summed E-state index contributed by atoms with van der Waals surface area (Å²) in [5.74, 6) is 0.628. The van der Waals surface area contributed by atoms with Gasteiger partial charge in [-0.05, 0) is 36.4 Å². The van der Waals surface area contributed by atoms with Gasteiger partial charge in [0.05, 0.1) is 30.2 Å². The van der Waals surface area contributed by atoms with Gasteiger partial charge in [0.2, 0.25) is 5.91 Å². The number of aromatic nitrogens is 2. The Kier molecular flexibility index (Phi) is 3.65. The summed E-state index contributed by atoms with van der Waals surface area (Å²) >= 11 is 0. The van der Waals surface area contributed by atoms with Gasteiger partial charge < -0.3 is 4.74 Å². The molecular formula is C16H14N4O2. The van der Waals surface area contributed by atoms with Crippen LogP contribution < -0.4 is 4.74 Å². The third-order valence-electron chi connectivity index (χ3n) is 3.23. The van der Waals surface area contributed by atoms with Crippen molar-refractivity contribution in [3.8, 4) is 5.75 Å². The van der Waals surface area contributed by atoms with Crippen molar-refractivity contribution in [1.29, 1.82) is 0 Å². The van der Waals surface area contributed by atoms with Crippen LogP contribution >= 0.6 is 0 Å². The average Bonchev–Trinajstić information content (AvgIpc) is 2.98. The third-order valence-corrected chi connectivity index (χ3v) is 3.23. The Morgan fingerprint density at radius 1 is 1.14 bits per heavy atom. The third kappa shape index (κ3) is 2.58. The van der Waals surface area contributed by atoms with Gasteiger partial charge in [-0.3, -0.25) is 4.79 Å². The predicted molar refractivity (Wildman–Crippen MR) is 83.2 cm³/mol. The van der Waals surface area contributed by atoms with E-state index in [4.69, 9.17) is 4.74 Å². The van der Waals surface area contributed by atoms with Gasteiger partial charge in [0.15, 0.2) is 0 Å². The Morgan fingerprint density at radius 3 is 2.59 bits per heavy atom. The van der Waals surface area contributed by atoms with E-state index in [1.807, 2.05) is 42.5 Å². The molecule has 0 amide bonds. The summed E-state index contributed by atoms with van der Waals surface area (Å²) in [6.07, 6.45) is 1.62. The zero-order valence-electron chi connectivity index (χ0n) is 12.2. The summed E-state index contributed by atoms with van der Waals surface area (Å²) in [4.78, 5) is 11.5. The molecule has 2 aromatic carbocycles. The Balaban J connectivity index is 1.96. The zero-order valence-corrected chi connectivity index (χ0v) is 12.2. The van der Waals surface area contributed by atoms with Crippen LogP contribution in [0.25, 0.3) is 10.9 Å². The van der Waals surface area contributed by atoms with E-state index in [9.17, 15) is 4.79 Å². The number of hydrogen-bond acceptors (Lipinski definition) is 5. The van der Waals surface area contributed by atoms with Gasteiger partial charge in [0, 0.05) is 12.3 Å². The molecule has 110 valence electrons. The van der Waals surface area contributed by atoms with E-state index in [0.717, 1.165) is 22.3 Å². The van der Waals surface area contributed by atoms with Crippen LogP contribution in [0.1, 0.15) is 11.7 Å². The quantitative estimate of drug-likeness (QED) is 0.682. The summed E-state index contributed by atoms with van der Waals surface area (Å²) in [6, 6.07) is 12.8. The molecule has 0 radical (unpaired) electrons. The highest BCUT2D eigenvalue weighted by molar-refractivity contribution is 5.95. The molecule has 22 heavy (non-hydrogen) atoms. The van der Waals surface area contributed by atoms with E-state index >= 15 is 0 Å². The van der Waals surface area contributed by atoms with Crippen molar-refractivity contribution in [1.82, 2.24) is 9.78 Å². The van der Waals surface area contributed by atoms with Gasteiger partial charge >= 0.3 is 0 Å². The van der Waals surface area contributed by atoms with Gasteiger partial charge in [0.1, 0.15) is 5.75 Å². The smallest absolute Gasteiger partial charge is 0.244 e. The van der Waals surface area contributed by atoms with Crippen molar-refractivity contribution >= 4 is 28.2 Å². The van der Waals surface area contributed by atoms with Crippen molar-refractivity contribution in [2.45, 2.75) is 6.92 Å². The number of carbonyl (C=O) groups is 1. The lowest BCUT2D eigenvalue weighted by atomic mass is 10.2. The Bertz CT molecular complexity index is 850. The highest BCUT2D eigenvalue weighted by Crippen LogP contribution is 2.28. The highest BCUT2D eigenvalue weighted by Gasteiger charge is 2.09. The first-order chi connectivity index (χ1) is 10.7. The van der Waals surface area contributed by atoms with Gasteiger partial charge in [-0.25, -0.2) is 4.68 Å². The molecule has 0 unspecified atom stereocenters. The average molecular weight is 294 g/mol. The summed E-state index contributed by atoms with van der Waals surface area (Å²) in [5.41, 5.74) is 2.11. The molecule has 0 fully saturated rings. The topological polar surface area (TPSA) is 68.8 Å². The Morgan fingerprint density at radius 2 is 1.91 bits per heavy atom. The summed E-state index contributed by atoms with van der Waals surface area (Å²) in [7, 11) is 1.61. The summed E-state index contributed by atoms with van der Waals surface area (Å²) < 4.78 is 6.45. The van der Waals surface area contributed by atoms with E-state index in [-0.39, 0.29) is 5.91 Å². The molecule has 3 aromatic rings. The lowest BCUT2D eigenvalue weighted by molar-refractivity contribution is 0.0927. The highest BCUT2D eigenvalue weighted by atomic mass is 16.5. The fraction of sp³-hybridized carbons (Fsp3) is 0.125. The van der Waals surface area contributed by atoms with Gasteiger partial charge in [-0.1, -0.05) is 6.07 Å². The number of carbonyl (C=O) groups excluding carboxylic acids is 1. The lowest BCUT2D eigenvalue weighted by Gasteiger charge is -1.99. The van der Waals surface area contributed by atoms with Crippen molar-refractivity contribution in [2.24, 2.45) is 10.2 Å². The number of benzene rings is 2. The molecule has 0 aliphatic heterocycles. The van der Waals surface area contributed by atoms with Gasteiger partial charge in [-0.2, -0.15) is 10.2 Å². The van der Waals surface area contributed by atoms with E-state index in [1.54, 1.807) is 13.3 Å². The van der Waals surface area contributed by atoms with Crippen LogP contribution in [0.2, 0.25) is 0 Å². The minimum Gasteiger partial charge on any atom is -0.497 e. The van der Waals surface area contributed by atoms with Crippen molar-refractivity contribution in [3.63, 3.8) is 0 Å². The largest absolute Gasteiger partial charge is 0.497 e. The fourth-order valence-electron chi connectivity index (χ4n) is 2.13. The fourth-order valence-corrected chi connectivity index (χ4v) is 2.13. The zero-order chi connectivity index (χ0) is 15.5. The van der Waals surface area contributed by atoms with Gasteiger partial charge in [0.25, 0.3) is 0 Å². The number of methoxy groups -OCH3 is 1. The molecule has 0 spiro atoms.